The van der Waals surface area contributed by atoms with Gasteiger partial charge in [0.25, 0.3) is 0 Å². The number of hydrogen-bond donors (Lipinski definition) is 0. The van der Waals surface area contributed by atoms with E-state index in [-0.39, 0.29) is 13.2 Å². The number of rotatable bonds is 9. The minimum absolute atomic E-state index is 0.142. The summed E-state index contributed by atoms with van der Waals surface area (Å²) < 4.78 is 23.0. The fourth-order valence-corrected chi connectivity index (χ4v) is 3.06. The molecule has 1 atom stereocenters. The van der Waals surface area contributed by atoms with E-state index in [0.717, 1.165) is 27.8 Å². The van der Waals surface area contributed by atoms with Gasteiger partial charge in [0.2, 0.25) is 0 Å². The Labute approximate surface area is 176 Å². The van der Waals surface area contributed by atoms with E-state index < -0.39 is 12.1 Å². The molecule has 3 aromatic rings. The molecule has 0 saturated carbocycles. The minimum Gasteiger partial charge on any atom is -0.496 e. The van der Waals surface area contributed by atoms with E-state index in [1.54, 1.807) is 14.0 Å². The van der Waals surface area contributed by atoms with Crippen molar-refractivity contribution in [2.24, 2.45) is 0 Å². The van der Waals surface area contributed by atoms with Gasteiger partial charge in [0.15, 0.2) is 6.10 Å². The SMILES string of the molecule is C=C(C)C(=O)OC(COc1ccccc1)COc1c(C)cc(OC)c2ccccc12. The molecule has 5 heteroatoms. The maximum atomic E-state index is 12.1. The van der Waals surface area contributed by atoms with Crippen molar-refractivity contribution in [2.75, 3.05) is 20.3 Å². The Balaban J connectivity index is 1.80. The summed E-state index contributed by atoms with van der Waals surface area (Å²) in [5.41, 5.74) is 1.25. The maximum absolute atomic E-state index is 12.1. The monoisotopic (exact) mass is 406 g/mol. The van der Waals surface area contributed by atoms with Crippen molar-refractivity contribution >= 4 is 16.7 Å². The van der Waals surface area contributed by atoms with Crippen molar-refractivity contribution in [3.63, 3.8) is 0 Å². The van der Waals surface area contributed by atoms with Crippen molar-refractivity contribution in [1.82, 2.24) is 0 Å². The number of benzene rings is 3. The van der Waals surface area contributed by atoms with Crippen molar-refractivity contribution < 1.29 is 23.7 Å². The molecule has 1 unspecified atom stereocenters. The molecule has 0 aliphatic heterocycles. The molecule has 0 bridgehead atoms. The first-order valence-corrected chi connectivity index (χ1v) is 9.73. The van der Waals surface area contributed by atoms with Crippen LogP contribution in [0.25, 0.3) is 10.8 Å². The number of fused-ring (bicyclic) bond motifs is 1. The molecule has 0 spiro atoms. The van der Waals surface area contributed by atoms with Crippen LogP contribution in [0, 0.1) is 6.92 Å². The lowest BCUT2D eigenvalue weighted by molar-refractivity contribution is -0.147. The van der Waals surface area contributed by atoms with Crippen LogP contribution in [0.3, 0.4) is 0 Å². The quantitative estimate of drug-likeness (QED) is 0.365. The summed E-state index contributed by atoms with van der Waals surface area (Å²) in [5.74, 6) is 1.73. The van der Waals surface area contributed by atoms with Gasteiger partial charge in [0, 0.05) is 16.3 Å². The third kappa shape index (κ3) is 5.11. The number of para-hydroxylation sites is 1. The van der Waals surface area contributed by atoms with Gasteiger partial charge in [0.05, 0.1) is 7.11 Å². The first-order valence-electron chi connectivity index (χ1n) is 9.73. The lowest BCUT2D eigenvalue weighted by atomic mass is 10.0. The van der Waals surface area contributed by atoms with Gasteiger partial charge in [-0.1, -0.05) is 49.0 Å². The van der Waals surface area contributed by atoms with Crippen LogP contribution < -0.4 is 14.2 Å². The first kappa shape index (κ1) is 21.2. The van der Waals surface area contributed by atoms with Crippen LogP contribution >= 0.6 is 0 Å². The molecule has 0 amide bonds. The Bertz CT molecular complexity index is 1030. The lowest BCUT2D eigenvalue weighted by Crippen LogP contribution is -2.31. The topological polar surface area (TPSA) is 54.0 Å². The second-order valence-electron chi connectivity index (χ2n) is 7.01. The van der Waals surface area contributed by atoms with Gasteiger partial charge < -0.3 is 18.9 Å². The molecule has 0 radical (unpaired) electrons. The van der Waals surface area contributed by atoms with Gasteiger partial charge >= 0.3 is 5.97 Å². The highest BCUT2D eigenvalue weighted by atomic mass is 16.6. The second-order valence-corrected chi connectivity index (χ2v) is 7.01. The molecule has 3 rings (SSSR count). The average molecular weight is 406 g/mol. The zero-order valence-electron chi connectivity index (χ0n) is 17.5. The molecule has 156 valence electrons. The summed E-state index contributed by atoms with van der Waals surface area (Å²) in [7, 11) is 1.65. The molecular weight excluding hydrogens is 380 g/mol. The molecule has 0 heterocycles. The Kier molecular flexibility index (Phi) is 6.96. The molecule has 3 aromatic carbocycles. The predicted molar refractivity (Wildman–Crippen MR) is 117 cm³/mol. The molecule has 0 N–H and O–H groups in total. The summed E-state index contributed by atoms with van der Waals surface area (Å²) in [6.45, 7) is 7.52. The van der Waals surface area contributed by atoms with Crippen LogP contribution in [0.2, 0.25) is 0 Å². The van der Waals surface area contributed by atoms with Gasteiger partial charge in [-0.25, -0.2) is 4.79 Å². The zero-order valence-corrected chi connectivity index (χ0v) is 17.5. The van der Waals surface area contributed by atoms with E-state index in [4.69, 9.17) is 18.9 Å². The number of methoxy groups -OCH3 is 1. The smallest absolute Gasteiger partial charge is 0.333 e. The van der Waals surface area contributed by atoms with E-state index in [1.165, 1.54) is 0 Å². The van der Waals surface area contributed by atoms with Gasteiger partial charge in [-0.15, -0.1) is 0 Å². The van der Waals surface area contributed by atoms with Crippen LogP contribution in [0.1, 0.15) is 12.5 Å². The standard InChI is InChI=1S/C25H26O5/c1-17(2)25(26)30-20(15-28-19-10-6-5-7-11-19)16-29-24-18(3)14-23(27-4)21-12-8-9-13-22(21)24/h5-14,20H,1,15-16H2,2-4H3. The number of ether oxygens (including phenoxy) is 4. The van der Waals surface area contributed by atoms with Gasteiger partial charge in [0.1, 0.15) is 30.5 Å². The van der Waals surface area contributed by atoms with Crippen LogP contribution in [-0.4, -0.2) is 32.4 Å². The normalized spacial score (nSPS) is 11.6. The molecule has 0 fully saturated rings. The molecule has 30 heavy (non-hydrogen) atoms. The third-order valence-corrected chi connectivity index (χ3v) is 4.58. The molecule has 0 aromatic heterocycles. The second kappa shape index (κ2) is 9.83. The number of esters is 1. The maximum Gasteiger partial charge on any atom is 0.333 e. The summed E-state index contributed by atoms with van der Waals surface area (Å²) >= 11 is 0. The molecule has 0 aliphatic carbocycles. The average Bonchev–Trinajstić information content (AvgIpc) is 2.76. The molecule has 0 saturated heterocycles. The summed E-state index contributed by atoms with van der Waals surface area (Å²) in [6, 6.07) is 19.2. The van der Waals surface area contributed by atoms with Crippen LogP contribution in [0.5, 0.6) is 17.2 Å². The number of carbonyl (C=O) groups excluding carboxylic acids is 1. The fourth-order valence-electron chi connectivity index (χ4n) is 3.06. The Morgan fingerprint density at radius 3 is 2.27 bits per heavy atom. The predicted octanol–water partition coefficient (Wildman–Crippen LogP) is 5.10. The first-order chi connectivity index (χ1) is 14.5. The van der Waals surface area contributed by atoms with Crippen LogP contribution in [0.4, 0.5) is 0 Å². The molecular formula is C25H26O5. The van der Waals surface area contributed by atoms with Crippen LogP contribution in [0.15, 0.2) is 72.8 Å². The minimum atomic E-state index is -0.602. The van der Waals surface area contributed by atoms with Crippen molar-refractivity contribution in [1.29, 1.82) is 0 Å². The van der Waals surface area contributed by atoms with Gasteiger partial charge in [-0.05, 0) is 37.6 Å². The summed E-state index contributed by atoms with van der Waals surface area (Å²) in [4.78, 5) is 12.1. The fraction of sp³-hybridized carbons (Fsp3) is 0.240. The van der Waals surface area contributed by atoms with Crippen molar-refractivity contribution in [3.05, 3.63) is 78.4 Å². The Morgan fingerprint density at radius 1 is 0.967 bits per heavy atom. The van der Waals surface area contributed by atoms with Crippen molar-refractivity contribution in [3.8, 4) is 17.2 Å². The molecule has 0 aliphatic rings. The highest BCUT2D eigenvalue weighted by Crippen LogP contribution is 2.36. The van der Waals surface area contributed by atoms with E-state index in [9.17, 15) is 4.79 Å². The number of hydrogen-bond acceptors (Lipinski definition) is 5. The van der Waals surface area contributed by atoms with E-state index >= 15 is 0 Å². The van der Waals surface area contributed by atoms with Crippen LogP contribution in [-0.2, 0) is 9.53 Å². The Morgan fingerprint density at radius 2 is 1.60 bits per heavy atom. The summed E-state index contributed by atoms with van der Waals surface area (Å²) in [5, 5.41) is 1.89. The van der Waals surface area contributed by atoms with E-state index in [2.05, 4.69) is 6.58 Å². The number of carbonyl (C=O) groups is 1. The highest BCUT2D eigenvalue weighted by Gasteiger charge is 2.19. The summed E-state index contributed by atoms with van der Waals surface area (Å²) in [6.07, 6.45) is -0.602. The highest BCUT2D eigenvalue weighted by molar-refractivity contribution is 5.94. The lowest BCUT2D eigenvalue weighted by Gasteiger charge is -2.21. The number of aryl methyl sites for hydroxylation is 1. The molecule has 5 nitrogen and oxygen atoms in total. The van der Waals surface area contributed by atoms with Gasteiger partial charge in [-0.2, -0.15) is 0 Å². The Hall–Kier alpha value is -3.47. The largest absolute Gasteiger partial charge is 0.496 e. The van der Waals surface area contributed by atoms with E-state index in [1.807, 2.05) is 67.6 Å². The zero-order chi connectivity index (χ0) is 21.5. The third-order valence-electron chi connectivity index (χ3n) is 4.58. The van der Waals surface area contributed by atoms with E-state index in [0.29, 0.717) is 11.3 Å². The van der Waals surface area contributed by atoms with Crippen molar-refractivity contribution in [2.45, 2.75) is 20.0 Å². The van der Waals surface area contributed by atoms with Gasteiger partial charge in [-0.3, -0.25) is 0 Å².